The Balaban J connectivity index is 1.92. The van der Waals surface area contributed by atoms with Crippen molar-refractivity contribution in [3.8, 4) is 0 Å². The van der Waals surface area contributed by atoms with E-state index in [-0.39, 0.29) is 4.21 Å². The summed E-state index contributed by atoms with van der Waals surface area (Å²) in [6.45, 7) is -0.847. The number of ether oxygens (including phenoxy) is 1. The lowest BCUT2D eigenvalue weighted by molar-refractivity contribution is -0.308. The summed E-state index contributed by atoms with van der Waals surface area (Å²) in [5.41, 5.74) is 0. The van der Waals surface area contributed by atoms with Crippen molar-refractivity contribution in [1.29, 1.82) is 0 Å². The highest BCUT2D eigenvalue weighted by Crippen LogP contribution is 2.36. The summed E-state index contributed by atoms with van der Waals surface area (Å²) in [5, 5.41) is 0. The number of hydrogen-bond acceptors (Lipinski definition) is 5. The van der Waals surface area contributed by atoms with Gasteiger partial charge in [-0.05, 0) is 28.1 Å². The quantitative estimate of drug-likeness (QED) is 0.658. The normalized spacial score (nSPS) is 16.7. The molecule has 0 aliphatic carbocycles. The smallest absolute Gasteiger partial charge is 0.426 e. The van der Waals surface area contributed by atoms with E-state index in [1.54, 1.807) is 0 Å². The second-order valence-corrected chi connectivity index (χ2v) is 9.53. The van der Waals surface area contributed by atoms with Crippen LogP contribution in [0.2, 0.25) is 0 Å². The van der Waals surface area contributed by atoms with E-state index in [9.17, 15) is 39.6 Å². The molecule has 1 aromatic rings. The molecule has 0 aromatic carbocycles. The summed E-state index contributed by atoms with van der Waals surface area (Å²) >= 11 is 3.98. The topological polar surface area (TPSA) is 75.7 Å². The fraction of sp³-hybridized carbons (Fsp3) is 0.545. The van der Waals surface area contributed by atoms with Crippen LogP contribution < -0.4 is 4.72 Å². The van der Waals surface area contributed by atoms with E-state index >= 15 is 0 Å². The molecule has 1 aliphatic heterocycles. The summed E-state index contributed by atoms with van der Waals surface area (Å²) in [5.74, 6) is 0. The fourth-order valence-electron chi connectivity index (χ4n) is 1.92. The Morgan fingerprint density at radius 1 is 1.23 bits per heavy atom. The lowest BCUT2D eigenvalue weighted by atomic mass is 10.1. The van der Waals surface area contributed by atoms with Crippen LogP contribution in [0.25, 0.3) is 0 Å². The molecule has 1 aliphatic rings. The average Bonchev–Trinajstić information content (AvgIpc) is 2.84. The zero-order chi connectivity index (χ0) is 19.9. The highest BCUT2D eigenvalue weighted by molar-refractivity contribution is 9.11. The van der Waals surface area contributed by atoms with Crippen LogP contribution >= 0.6 is 27.3 Å². The van der Waals surface area contributed by atoms with Crippen LogP contribution in [0.1, 0.15) is 0 Å². The largest absolute Gasteiger partial charge is 0.434 e. The molecular weight excluding hydrogens is 482 g/mol. The minimum Gasteiger partial charge on any atom is -0.426 e. The van der Waals surface area contributed by atoms with Crippen LogP contribution in [0.5, 0.6) is 0 Å². The number of nitrogens with one attached hydrogen (secondary N) is 1. The third-order valence-electron chi connectivity index (χ3n) is 3.09. The Labute approximate surface area is 155 Å². The highest BCUT2D eigenvalue weighted by atomic mass is 79.9. The number of alkyl halides is 6. The summed E-state index contributed by atoms with van der Waals surface area (Å²) in [6.07, 6.45) is -17.7. The third-order valence-corrected chi connectivity index (χ3v) is 6.72. The van der Waals surface area contributed by atoms with Gasteiger partial charge < -0.3 is 9.64 Å². The van der Waals surface area contributed by atoms with Gasteiger partial charge >= 0.3 is 18.4 Å². The lowest BCUT2D eigenvalue weighted by Gasteiger charge is -2.39. The van der Waals surface area contributed by atoms with Gasteiger partial charge in [-0.1, -0.05) is 0 Å². The second kappa shape index (κ2) is 7.16. The monoisotopic (exact) mass is 490 g/mol. The molecule has 0 spiro atoms. The molecule has 1 fully saturated rings. The van der Waals surface area contributed by atoms with E-state index in [4.69, 9.17) is 0 Å². The SMILES string of the molecule is O=C(OC(C(F)(F)F)C(F)(F)F)N1CC(NS(=O)(=O)c2ccc(Br)s2)C1. The van der Waals surface area contributed by atoms with Gasteiger partial charge in [0.2, 0.25) is 10.0 Å². The van der Waals surface area contributed by atoms with Gasteiger partial charge in [0.05, 0.1) is 9.83 Å². The number of nitrogens with zero attached hydrogens (tertiary/aromatic N) is 1. The van der Waals surface area contributed by atoms with Crippen molar-refractivity contribution < 1.29 is 44.3 Å². The van der Waals surface area contributed by atoms with Gasteiger partial charge in [0.1, 0.15) is 4.21 Å². The van der Waals surface area contributed by atoms with Crippen molar-refractivity contribution in [3.63, 3.8) is 0 Å². The van der Waals surface area contributed by atoms with Crippen molar-refractivity contribution >= 4 is 43.4 Å². The van der Waals surface area contributed by atoms with Crippen LogP contribution in [0.3, 0.4) is 0 Å². The van der Waals surface area contributed by atoms with Gasteiger partial charge in [-0.15, -0.1) is 11.3 Å². The van der Waals surface area contributed by atoms with Gasteiger partial charge in [-0.2, -0.15) is 26.3 Å². The second-order valence-electron chi connectivity index (χ2n) is 5.13. The molecule has 0 unspecified atom stereocenters. The van der Waals surface area contributed by atoms with Crippen LogP contribution in [-0.2, 0) is 14.8 Å². The summed E-state index contributed by atoms with van der Waals surface area (Å²) in [6, 6.07) is 1.93. The van der Waals surface area contributed by atoms with Crippen LogP contribution in [0.15, 0.2) is 20.1 Å². The molecule has 0 saturated carbocycles. The molecule has 0 atom stereocenters. The first-order valence-corrected chi connectivity index (χ1v) is 9.66. The number of carbonyl (C=O) groups excluding carboxylic acids is 1. The molecule has 0 bridgehead atoms. The van der Waals surface area contributed by atoms with Gasteiger partial charge in [0.15, 0.2) is 0 Å². The van der Waals surface area contributed by atoms with Crippen molar-refractivity contribution in [2.45, 2.75) is 28.7 Å². The molecule has 6 nitrogen and oxygen atoms in total. The molecule has 1 N–H and O–H groups in total. The minimum absolute atomic E-state index is 0.0420. The van der Waals surface area contributed by atoms with Crippen molar-refractivity contribution in [2.24, 2.45) is 0 Å². The maximum atomic E-state index is 12.3. The lowest BCUT2D eigenvalue weighted by Crippen LogP contribution is -2.62. The van der Waals surface area contributed by atoms with Crippen LogP contribution in [-0.4, -0.2) is 57.0 Å². The van der Waals surface area contributed by atoms with Gasteiger partial charge in [0, 0.05) is 13.1 Å². The van der Waals surface area contributed by atoms with Crippen molar-refractivity contribution in [2.75, 3.05) is 13.1 Å². The van der Waals surface area contributed by atoms with E-state index in [1.807, 2.05) is 0 Å². The van der Waals surface area contributed by atoms with E-state index in [0.717, 1.165) is 11.3 Å². The number of sulfonamides is 1. The molecular formula is C11H9BrF6N2O4S2. The molecule has 2 heterocycles. The third kappa shape index (κ3) is 5.01. The van der Waals surface area contributed by atoms with Crippen LogP contribution in [0.4, 0.5) is 31.1 Å². The van der Waals surface area contributed by atoms with E-state index in [0.29, 0.717) is 8.69 Å². The van der Waals surface area contributed by atoms with Gasteiger partial charge in [0.25, 0.3) is 6.10 Å². The summed E-state index contributed by atoms with van der Waals surface area (Å²) in [7, 11) is -3.92. The Bertz CT molecular complexity index is 758. The predicted molar refractivity (Wildman–Crippen MR) is 80.1 cm³/mol. The van der Waals surface area contributed by atoms with Crippen LogP contribution in [0, 0.1) is 0 Å². The number of thiophene rings is 1. The molecule has 2 rings (SSSR count). The maximum absolute atomic E-state index is 12.3. The van der Waals surface area contributed by atoms with Crippen molar-refractivity contribution in [1.82, 2.24) is 9.62 Å². The predicted octanol–water partition coefficient (Wildman–Crippen LogP) is 3.10. The maximum Gasteiger partial charge on any atom is 0.434 e. The van der Waals surface area contributed by atoms with Crippen molar-refractivity contribution in [3.05, 3.63) is 15.9 Å². The molecule has 1 amide bonds. The molecule has 26 heavy (non-hydrogen) atoms. The summed E-state index contributed by atoms with van der Waals surface area (Å²) < 4.78 is 104. The first kappa shape index (κ1) is 21.2. The zero-order valence-corrected chi connectivity index (χ0v) is 15.5. The molecule has 148 valence electrons. The Hall–Kier alpha value is -1.06. The van der Waals surface area contributed by atoms with Gasteiger partial charge in [-0.25, -0.2) is 17.9 Å². The number of hydrogen-bond donors (Lipinski definition) is 1. The molecule has 0 radical (unpaired) electrons. The minimum atomic E-state index is -5.81. The number of amides is 1. The average molecular weight is 491 g/mol. The first-order valence-electron chi connectivity index (χ1n) is 6.57. The van der Waals surface area contributed by atoms with Gasteiger partial charge in [-0.3, -0.25) is 0 Å². The van der Waals surface area contributed by atoms with E-state index < -0.39 is 53.7 Å². The molecule has 1 saturated heterocycles. The zero-order valence-electron chi connectivity index (χ0n) is 12.3. The van der Waals surface area contributed by atoms with E-state index in [1.165, 1.54) is 12.1 Å². The standard InChI is InChI=1S/C11H9BrF6N2O4S2/c12-6-1-2-7(25-6)26(22,23)19-5-3-20(4-5)9(21)24-8(10(13,14)15)11(16,17)18/h1-2,5,8,19H,3-4H2. The molecule has 15 heteroatoms. The Morgan fingerprint density at radius 3 is 2.19 bits per heavy atom. The Morgan fingerprint density at radius 2 is 1.77 bits per heavy atom. The number of carbonyl (C=O) groups is 1. The number of halogens is 7. The number of rotatable bonds is 4. The highest BCUT2D eigenvalue weighted by Gasteiger charge is 2.60. The number of likely N-dealkylation sites (tertiary alicyclic amines) is 1. The van der Waals surface area contributed by atoms with E-state index in [2.05, 4.69) is 25.4 Å². The fourth-order valence-corrected chi connectivity index (χ4v) is 5.16. The first-order chi connectivity index (χ1) is 11.7. The Kier molecular flexibility index (Phi) is 5.85. The molecule has 1 aromatic heterocycles. The summed E-state index contributed by atoms with van der Waals surface area (Å²) in [4.78, 5) is 12.0.